The number of phenols is 10. The molecule has 3 unspecified atom stereocenters. The molecule has 23 nitrogen and oxygen atoms in total. The summed E-state index contributed by atoms with van der Waals surface area (Å²) >= 11 is 2.33. The van der Waals surface area contributed by atoms with Gasteiger partial charge in [0.2, 0.25) is 5.75 Å². The van der Waals surface area contributed by atoms with Gasteiger partial charge in [0.25, 0.3) is 0 Å². The predicted molar refractivity (Wildman–Crippen MR) is 543 cm³/mol. The van der Waals surface area contributed by atoms with Crippen LogP contribution in [0.5, 0.6) is 63.2 Å². The van der Waals surface area contributed by atoms with E-state index in [4.69, 9.17) is 32.2 Å². The number of hydrogen-bond donors (Lipinski definition) is 19. The third kappa shape index (κ3) is 45.1. The first-order valence-electron chi connectivity index (χ1n) is 44.4. The Balaban J connectivity index is 0.000000729. The molecule has 24 heteroatoms. The monoisotopic (exact) mass is 1920 g/mol. The summed E-state index contributed by atoms with van der Waals surface area (Å²) in [5, 5.41) is 152. The summed E-state index contributed by atoms with van der Waals surface area (Å²) in [6, 6.07) is 53.2. The highest BCUT2D eigenvalue weighted by Crippen LogP contribution is 2.41. The third-order valence-corrected chi connectivity index (χ3v) is 21.5. The molecule has 0 aromatic heterocycles. The van der Waals surface area contributed by atoms with E-state index in [2.05, 4.69) is 126 Å². The maximum absolute atomic E-state index is 9.85. The number of aliphatic imine (C=N–C) groups is 3. The van der Waals surface area contributed by atoms with Crippen LogP contribution in [-0.4, -0.2) is 106 Å². The van der Waals surface area contributed by atoms with Gasteiger partial charge in [-0.25, -0.2) is 0 Å². The maximum Gasteiger partial charge on any atom is 0.203 e. The number of nitrogens with zero attached hydrogens (tertiary/aromatic N) is 3. The lowest BCUT2D eigenvalue weighted by Gasteiger charge is -2.17. The standard InChI is InChI=1S/C13H20O4.C11H16O3.2C11H16O2.C11H16O.C10H13IN2.2C10H14N2.C10H14O3.C10H14O2/c1-4-5-17-13-10(14)6-9(7-11(13)15)12(16)8(2)3;1-6(2)11(14)8-4-9(12)7(3)10(13)5-8;1-7(2)11(13)10-6-9(12)5-4-8(10)3;1-7(2)11(13)9-5-4-8(3)10(12)6-9;1-8(2)11(12)10-6-4-9(3)5-7-10;1-7-3-4-9(5-10(7)11)6-13-8(2)12;1-8-3-5-10(6-4-8)7-12-9(2)11;1-8-4-3-5-10(6-8)7-12-9(2)11;1-3-8(11)7-5-10(13)9(12)4-6(7)2;1-3-4-8-6-10(12)9(11)5-7(8)2/h6-8,12,14-16H,4-5H2,1-3H3;4-6,11-14H,1-3H3;2*4-7,11-13H,1-3H3;4-8,11-12H,1-3H3;3-5H,6H2,1-2H3,(H2,12,13);2*3-6H,7H2,1-2H3,(H2,11,12);4-5,8,11-13H,3H2,1-2H3;5-6,11-12H,3-4H2,1-2H3/t;;2*11-;;;;;8-;/m..00....0./s1. The SMILES string of the molecule is CC(N)=NCc1ccc(C)c(I)c1.CC(N)=NCc1ccc(C)cc1.CC(N)=NCc1cccc(C)c1.CCCOc1c(O)cc(C(O)C(C)C)cc1O.CCCc1cc(O)c(O)cc1C.CC[C@H](O)c1cc(O)c(O)cc1C.Cc1c(O)cc(C(O)C(C)C)cc1O.Cc1ccc(C(O)C(C)C)cc1.Cc1ccc(O)cc1[C@@H](O)C(C)C.Cc1ccc([C@@H](O)C(C)C)cc1O. The fourth-order valence-electron chi connectivity index (χ4n) is 11.9. The minimum Gasteiger partial charge on any atom is -0.508 e. The molecule has 0 fully saturated rings. The van der Waals surface area contributed by atoms with Gasteiger partial charge in [-0.15, -0.1) is 0 Å². The van der Waals surface area contributed by atoms with Crippen molar-refractivity contribution in [2.45, 2.75) is 255 Å². The minimum atomic E-state index is -0.716. The van der Waals surface area contributed by atoms with Crippen LogP contribution in [0.2, 0.25) is 0 Å². The van der Waals surface area contributed by atoms with Crippen molar-refractivity contribution in [3.8, 4) is 63.2 Å². The molecule has 720 valence electrons. The number of amidine groups is 3. The first-order valence-corrected chi connectivity index (χ1v) is 45.4. The fraction of sp³-hybridized carbons (Fsp3) is 0.411. The zero-order valence-electron chi connectivity index (χ0n) is 81.8. The summed E-state index contributed by atoms with van der Waals surface area (Å²) in [7, 11) is 0. The number of aryl methyl sites for hydroxylation is 9. The number of halogens is 1. The molecule has 0 saturated carbocycles. The highest BCUT2D eigenvalue weighted by Gasteiger charge is 2.21. The molecule has 10 aromatic rings. The number of rotatable bonds is 23. The van der Waals surface area contributed by atoms with Gasteiger partial charge in [-0.05, 0) is 311 Å². The molecule has 0 aliphatic rings. The zero-order valence-corrected chi connectivity index (χ0v) is 83.9. The molecule has 131 heavy (non-hydrogen) atoms. The number of hydrogen-bond acceptors (Lipinski definition) is 20. The smallest absolute Gasteiger partial charge is 0.203 e. The second-order valence-electron chi connectivity index (χ2n) is 34.4. The number of aliphatic hydroxyl groups excluding tert-OH is 6. The van der Waals surface area contributed by atoms with Crippen molar-refractivity contribution in [1.29, 1.82) is 0 Å². The molecule has 0 radical (unpaired) electrons. The van der Waals surface area contributed by atoms with Crippen LogP contribution in [0.25, 0.3) is 0 Å². The lowest BCUT2D eigenvalue weighted by atomic mass is 9.95. The van der Waals surface area contributed by atoms with E-state index in [1.807, 2.05) is 159 Å². The molecule has 10 aromatic carbocycles. The van der Waals surface area contributed by atoms with Crippen LogP contribution >= 0.6 is 22.6 Å². The van der Waals surface area contributed by atoms with E-state index < -0.39 is 30.5 Å². The fourth-order valence-corrected chi connectivity index (χ4v) is 12.4. The molecule has 10 rings (SSSR count). The highest BCUT2D eigenvalue weighted by atomic mass is 127. The van der Waals surface area contributed by atoms with E-state index in [9.17, 15) is 71.5 Å². The van der Waals surface area contributed by atoms with Crippen molar-refractivity contribution in [3.05, 3.63) is 285 Å². The van der Waals surface area contributed by atoms with Crippen LogP contribution in [0.3, 0.4) is 0 Å². The van der Waals surface area contributed by atoms with Crippen molar-refractivity contribution in [2.24, 2.45) is 61.8 Å². The Morgan fingerprint density at radius 3 is 1.16 bits per heavy atom. The average Bonchev–Trinajstić information content (AvgIpc) is 0.822. The zero-order chi connectivity index (χ0) is 100.0. The Morgan fingerprint density at radius 2 is 0.725 bits per heavy atom. The van der Waals surface area contributed by atoms with Crippen molar-refractivity contribution >= 4 is 40.1 Å². The first kappa shape index (κ1) is 118. The molecule has 0 saturated heterocycles. The lowest BCUT2D eigenvalue weighted by Crippen LogP contribution is -2.06. The largest absolute Gasteiger partial charge is 0.508 e. The average molecular weight is 1920 g/mol. The first-order chi connectivity index (χ1) is 61.2. The molecular formula is C107H153IN6O17. The molecule has 0 aliphatic carbocycles. The minimum absolute atomic E-state index is 0.0104. The van der Waals surface area contributed by atoms with E-state index in [1.54, 1.807) is 65.0 Å². The van der Waals surface area contributed by atoms with E-state index in [-0.39, 0.29) is 98.9 Å². The molecule has 0 heterocycles. The van der Waals surface area contributed by atoms with Crippen LogP contribution in [0.15, 0.2) is 191 Å². The van der Waals surface area contributed by atoms with Gasteiger partial charge >= 0.3 is 0 Å². The van der Waals surface area contributed by atoms with Gasteiger partial charge in [0.15, 0.2) is 34.5 Å². The molecule has 0 amide bonds. The van der Waals surface area contributed by atoms with Crippen molar-refractivity contribution in [1.82, 2.24) is 0 Å². The van der Waals surface area contributed by atoms with E-state index in [0.29, 0.717) is 72.4 Å². The second kappa shape index (κ2) is 60.8. The Bertz CT molecular complexity index is 5070. The lowest BCUT2D eigenvalue weighted by molar-refractivity contribution is 0.126. The van der Waals surface area contributed by atoms with Gasteiger partial charge in [0.1, 0.15) is 23.0 Å². The Hall–Kier alpha value is -11.1. The normalized spacial score (nSPS) is 12.5. The van der Waals surface area contributed by atoms with E-state index in [1.165, 1.54) is 78.9 Å². The second-order valence-corrected chi connectivity index (χ2v) is 35.6. The van der Waals surface area contributed by atoms with Crippen LogP contribution in [-0.2, 0) is 26.1 Å². The van der Waals surface area contributed by atoms with Gasteiger partial charge in [0.05, 0.1) is 80.4 Å². The van der Waals surface area contributed by atoms with Gasteiger partial charge in [-0.3, -0.25) is 15.0 Å². The third-order valence-electron chi connectivity index (χ3n) is 20.3. The number of nitrogens with two attached hydrogens (primary N) is 3. The van der Waals surface area contributed by atoms with Gasteiger partial charge in [0, 0.05) is 9.13 Å². The maximum atomic E-state index is 9.85. The molecule has 6 atom stereocenters. The predicted octanol–water partition coefficient (Wildman–Crippen LogP) is 22.6. The molecule has 0 aliphatic heterocycles. The van der Waals surface area contributed by atoms with Crippen molar-refractivity contribution < 1.29 is 86.4 Å². The summed E-state index contributed by atoms with van der Waals surface area (Å²) in [6.07, 6.45) is 0.0977. The van der Waals surface area contributed by atoms with Crippen LogP contribution in [0.4, 0.5) is 0 Å². The number of aliphatic hydroxyl groups is 6. The molecule has 0 spiro atoms. The van der Waals surface area contributed by atoms with Gasteiger partial charge < -0.3 is 104 Å². The quantitative estimate of drug-likeness (QED) is 0.0122. The summed E-state index contributed by atoms with van der Waals surface area (Å²) in [5.74, 6) is 2.46. The van der Waals surface area contributed by atoms with Crippen molar-refractivity contribution in [3.63, 3.8) is 0 Å². The van der Waals surface area contributed by atoms with Crippen LogP contribution in [0, 0.1) is 95.5 Å². The summed E-state index contributed by atoms with van der Waals surface area (Å²) < 4.78 is 6.51. The highest BCUT2D eigenvalue weighted by molar-refractivity contribution is 14.1. The van der Waals surface area contributed by atoms with E-state index in [0.717, 1.165) is 63.8 Å². The van der Waals surface area contributed by atoms with Crippen molar-refractivity contribution in [2.75, 3.05) is 6.61 Å². The number of benzene rings is 10. The summed E-state index contributed by atoms with van der Waals surface area (Å²) in [6.45, 7) is 50.5. The van der Waals surface area contributed by atoms with E-state index >= 15 is 0 Å². The Morgan fingerprint density at radius 1 is 0.336 bits per heavy atom. The van der Waals surface area contributed by atoms with Crippen LogP contribution < -0.4 is 21.9 Å². The van der Waals surface area contributed by atoms with Gasteiger partial charge in [-0.2, -0.15) is 0 Å². The Labute approximate surface area is 793 Å². The Kier molecular flexibility index (Phi) is 54.7. The number of aromatic hydroxyl groups is 10. The number of ether oxygens (including phenoxy) is 1. The number of phenolic OH excluding ortho intramolecular Hbond substituents is 10. The molecule has 0 bridgehead atoms. The topological polar surface area (TPSA) is 448 Å². The summed E-state index contributed by atoms with van der Waals surface area (Å²) in [5.41, 5.74) is 34.5. The van der Waals surface area contributed by atoms with Crippen LogP contribution in [0.1, 0.15) is 272 Å². The van der Waals surface area contributed by atoms with Gasteiger partial charge in [-0.1, -0.05) is 216 Å². The summed E-state index contributed by atoms with van der Waals surface area (Å²) in [4.78, 5) is 12.4. The molecular weight excluding hydrogens is 1770 g/mol. The molecule has 22 N–H and O–H groups in total.